The monoisotopic (exact) mass is 474 g/mol. The quantitative estimate of drug-likeness (QED) is 0.489. The van der Waals surface area contributed by atoms with E-state index in [1.807, 2.05) is 52.0 Å². The van der Waals surface area contributed by atoms with Crippen molar-refractivity contribution < 1.29 is 19.1 Å². The van der Waals surface area contributed by atoms with Crippen molar-refractivity contribution in [2.24, 2.45) is 0 Å². The number of anilines is 1. The Bertz CT molecular complexity index is 913. The average molecular weight is 475 g/mol. The molecule has 1 heterocycles. The van der Waals surface area contributed by atoms with Crippen molar-refractivity contribution in [2.45, 2.75) is 58.5 Å². The summed E-state index contributed by atoms with van der Waals surface area (Å²) in [6.45, 7) is 8.35. The standard InChI is InChI=1S/C24H34N4O4S/c1-6-24(3,4)27-22(31)21(18-9-7-17(2)8-10-18)28(14-15-32-5)20(30)12-11-19(29)26-23-25-13-16-33-23/h7-10,13,16,21H,6,11-12,14-15H2,1-5H3,(H,27,31)(H,25,26,29)/t21-/m1/s1. The Kier molecular flexibility index (Phi) is 9.99. The summed E-state index contributed by atoms with van der Waals surface area (Å²) >= 11 is 1.31. The van der Waals surface area contributed by atoms with Crippen molar-refractivity contribution >= 4 is 34.2 Å². The Balaban J connectivity index is 2.25. The highest BCUT2D eigenvalue weighted by Gasteiger charge is 2.33. The first-order valence-corrected chi connectivity index (χ1v) is 11.9. The first kappa shape index (κ1) is 26.5. The van der Waals surface area contributed by atoms with Gasteiger partial charge in [-0.3, -0.25) is 14.4 Å². The van der Waals surface area contributed by atoms with Gasteiger partial charge in [-0.05, 0) is 32.8 Å². The van der Waals surface area contributed by atoms with Gasteiger partial charge in [-0.2, -0.15) is 0 Å². The first-order valence-electron chi connectivity index (χ1n) is 11.0. The van der Waals surface area contributed by atoms with Crippen molar-refractivity contribution in [1.82, 2.24) is 15.2 Å². The summed E-state index contributed by atoms with van der Waals surface area (Å²) in [6.07, 6.45) is 2.29. The van der Waals surface area contributed by atoms with Crippen LogP contribution in [0.15, 0.2) is 35.8 Å². The number of benzene rings is 1. The van der Waals surface area contributed by atoms with Crippen LogP contribution in [-0.2, 0) is 19.1 Å². The Morgan fingerprint density at radius 2 is 1.88 bits per heavy atom. The summed E-state index contributed by atoms with van der Waals surface area (Å²) < 4.78 is 5.21. The molecule has 0 radical (unpaired) electrons. The number of carbonyl (C=O) groups excluding carboxylic acids is 3. The van der Waals surface area contributed by atoms with Crippen LogP contribution < -0.4 is 10.6 Å². The lowest BCUT2D eigenvalue weighted by Crippen LogP contribution is -2.51. The molecule has 0 unspecified atom stereocenters. The maximum Gasteiger partial charge on any atom is 0.247 e. The summed E-state index contributed by atoms with van der Waals surface area (Å²) in [5, 5.41) is 8.00. The molecular weight excluding hydrogens is 440 g/mol. The normalized spacial score (nSPS) is 12.2. The van der Waals surface area contributed by atoms with Crippen molar-refractivity contribution in [3.63, 3.8) is 0 Å². The van der Waals surface area contributed by atoms with E-state index in [0.717, 1.165) is 12.0 Å². The summed E-state index contributed by atoms with van der Waals surface area (Å²) in [4.78, 5) is 44.5. The molecule has 0 aliphatic rings. The van der Waals surface area contributed by atoms with Gasteiger partial charge in [0.2, 0.25) is 17.7 Å². The molecule has 0 spiro atoms. The molecule has 0 aliphatic carbocycles. The van der Waals surface area contributed by atoms with E-state index >= 15 is 0 Å². The zero-order valence-electron chi connectivity index (χ0n) is 20.0. The molecule has 8 nitrogen and oxygen atoms in total. The highest BCUT2D eigenvalue weighted by atomic mass is 32.1. The lowest BCUT2D eigenvalue weighted by Gasteiger charge is -2.34. The second-order valence-electron chi connectivity index (χ2n) is 8.51. The predicted molar refractivity (Wildman–Crippen MR) is 130 cm³/mol. The third kappa shape index (κ3) is 8.25. The minimum atomic E-state index is -0.832. The van der Waals surface area contributed by atoms with Gasteiger partial charge in [0.1, 0.15) is 6.04 Å². The molecule has 2 N–H and O–H groups in total. The second-order valence-corrected chi connectivity index (χ2v) is 9.40. The van der Waals surface area contributed by atoms with E-state index in [1.165, 1.54) is 16.2 Å². The van der Waals surface area contributed by atoms with Crippen molar-refractivity contribution in [3.05, 3.63) is 47.0 Å². The number of hydrogen-bond acceptors (Lipinski definition) is 6. The smallest absolute Gasteiger partial charge is 0.247 e. The highest BCUT2D eigenvalue weighted by Crippen LogP contribution is 2.25. The number of aromatic nitrogens is 1. The fourth-order valence-electron chi connectivity index (χ4n) is 3.13. The zero-order valence-corrected chi connectivity index (χ0v) is 20.8. The van der Waals surface area contributed by atoms with Crippen LogP contribution in [0.3, 0.4) is 0 Å². The topological polar surface area (TPSA) is 101 Å². The third-order valence-electron chi connectivity index (χ3n) is 5.40. The maximum absolute atomic E-state index is 13.4. The fraction of sp³-hybridized carbons (Fsp3) is 0.500. The Labute approximate surface area is 199 Å². The summed E-state index contributed by atoms with van der Waals surface area (Å²) in [5.41, 5.74) is 1.34. The Morgan fingerprint density at radius 3 is 2.45 bits per heavy atom. The fourth-order valence-corrected chi connectivity index (χ4v) is 3.68. The van der Waals surface area contributed by atoms with Gasteiger partial charge in [-0.1, -0.05) is 36.8 Å². The Morgan fingerprint density at radius 1 is 1.18 bits per heavy atom. The molecule has 0 saturated heterocycles. The first-order chi connectivity index (χ1) is 15.7. The van der Waals surface area contributed by atoms with Crippen molar-refractivity contribution in [2.75, 3.05) is 25.6 Å². The zero-order chi connectivity index (χ0) is 24.4. The minimum Gasteiger partial charge on any atom is -0.383 e. The number of nitrogens with zero attached hydrogens (tertiary/aromatic N) is 2. The molecule has 0 saturated carbocycles. The molecule has 2 aromatic rings. The van der Waals surface area contributed by atoms with Gasteiger partial charge in [-0.15, -0.1) is 11.3 Å². The van der Waals surface area contributed by atoms with E-state index in [4.69, 9.17) is 4.74 Å². The molecule has 0 fully saturated rings. The number of carbonyl (C=O) groups is 3. The van der Waals surface area contributed by atoms with Crippen molar-refractivity contribution in [3.8, 4) is 0 Å². The van der Waals surface area contributed by atoms with Crippen LogP contribution in [0.5, 0.6) is 0 Å². The summed E-state index contributed by atoms with van der Waals surface area (Å²) in [7, 11) is 1.55. The minimum absolute atomic E-state index is 0.00934. The summed E-state index contributed by atoms with van der Waals surface area (Å²) in [6, 6.07) is 6.73. The average Bonchev–Trinajstić information content (AvgIpc) is 3.28. The number of aryl methyl sites for hydroxylation is 1. The van der Waals surface area contributed by atoms with Crippen LogP contribution in [0.2, 0.25) is 0 Å². The highest BCUT2D eigenvalue weighted by molar-refractivity contribution is 7.13. The van der Waals surface area contributed by atoms with Crippen molar-refractivity contribution in [1.29, 1.82) is 0 Å². The number of thiazole rings is 1. The molecular formula is C24H34N4O4S. The molecule has 180 valence electrons. The number of nitrogens with one attached hydrogen (secondary N) is 2. The van der Waals surface area contributed by atoms with Gasteiger partial charge < -0.3 is 20.3 Å². The molecule has 1 atom stereocenters. The molecule has 0 bridgehead atoms. The summed E-state index contributed by atoms with van der Waals surface area (Å²) in [5.74, 6) is -0.854. The van der Waals surface area contributed by atoms with Gasteiger partial charge in [0.15, 0.2) is 5.13 Å². The number of rotatable bonds is 12. The van der Waals surface area contributed by atoms with E-state index in [-0.39, 0.29) is 43.7 Å². The van der Waals surface area contributed by atoms with E-state index in [2.05, 4.69) is 15.6 Å². The molecule has 3 amide bonds. The van der Waals surface area contributed by atoms with Gasteiger partial charge >= 0.3 is 0 Å². The predicted octanol–water partition coefficient (Wildman–Crippen LogP) is 3.69. The lowest BCUT2D eigenvalue weighted by molar-refractivity contribution is -0.142. The maximum atomic E-state index is 13.4. The molecule has 2 rings (SSSR count). The third-order valence-corrected chi connectivity index (χ3v) is 6.09. The largest absolute Gasteiger partial charge is 0.383 e. The van der Waals surface area contributed by atoms with Crippen LogP contribution in [-0.4, -0.2) is 53.4 Å². The Hall–Kier alpha value is -2.78. The number of methoxy groups -OCH3 is 1. The van der Waals surface area contributed by atoms with Gasteiger partial charge in [0.25, 0.3) is 0 Å². The SMILES string of the molecule is CCC(C)(C)NC(=O)[C@@H](c1ccc(C)cc1)N(CCOC)C(=O)CCC(=O)Nc1nccs1. The van der Waals surface area contributed by atoms with Gasteiger partial charge in [0, 0.05) is 43.6 Å². The van der Waals surface area contributed by atoms with E-state index < -0.39 is 11.6 Å². The van der Waals surface area contributed by atoms with E-state index in [1.54, 1.807) is 18.7 Å². The van der Waals surface area contributed by atoms with Crippen LogP contribution in [0, 0.1) is 6.92 Å². The molecule has 9 heteroatoms. The second kappa shape index (κ2) is 12.5. The van der Waals surface area contributed by atoms with E-state index in [9.17, 15) is 14.4 Å². The number of ether oxygens (including phenoxy) is 1. The van der Waals surface area contributed by atoms with E-state index in [0.29, 0.717) is 10.7 Å². The van der Waals surface area contributed by atoms with Crippen LogP contribution in [0.1, 0.15) is 57.2 Å². The number of amides is 3. The molecule has 1 aromatic heterocycles. The lowest BCUT2D eigenvalue weighted by atomic mass is 9.98. The molecule has 1 aromatic carbocycles. The molecule has 0 aliphatic heterocycles. The number of hydrogen-bond donors (Lipinski definition) is 2. The van der Waals surface area contributed by atoms with Crippen LogP contribution in [0.4, 0.5) is 5.13 Å². The van der Waals surface area contributed by atoms with Gasteiger partial charge in [-0.25, -0.2) is 4.98 Å². The molecule has 33 heavy (non-hydrogen) atoms. The van der Waals surface area contributed by atoms with Crippen LogP contribution >= 0.6 is 11.3 Å². The van der Waals surface area contributed by atoms with Crippen LogP contribution in [0.25, 0.3) is 0 Å². The van der Waals surface area contributed by atoms with Gasteiger partial charge in [0.05, 0.1) is 6.61 Å².